The summed E-state index contributed by atoms with van der Waals surface area (Å²) in [5.41, 5.74) is 3.74. The lowest BCUT2D eigenvalue weighted by Gasteiger charge is -2.13. The molecule has 0 fully saturated rings. The van der Waals surface area contributed by atoms with Crippen LogP contribution in [0.1, 0.15) is 21.5 Å². The molecule has 0 spiro atoms. The van der Waals surface area contributed by atoms with E-state index < -0.39 is 16.6 Å². The molecule has 9 heteroatoms. The maximum Gasteiger partial charge on any atom is 0.270 e. The van der Waals surface area contributed by atoms with Crippen LogP contribution in [0.3, 0.4) is 0 Å². The minimum atomic E-state index is -0.586. The van der Waals surface area contributed by atoms with Gasteiger partial charge in [0.05, 0.1) is 33.9 Å². The number of nitro benzene ring substituents is 1. The third-order valence-corrected chi connectivity index (χ3v) is 6.07. The van der Waals surface area contributed by atoms with Crippen molar-refractivity contribution in [2.45, 2.75) is 6.92 Å². The first-order valence-electron chi connectivity index (χ1n) is 12.1. The Hall–Kier alpha value is -5.44. The molecule has 2 N–H and O–H groups in total. The van der Waals surface area contributed by atoms with Gasteiger partial charge in [-0.15, -0.1) is 0 Å². The van der Waals surface area contributed by atoms with Crippen LogP contribution in [0.15, 0.2) is 97.1 Å². The third-order valence-electron chi connectivity index (χ3n) is 6.07. The molecule has 1 amide bonds. The largest absolute Gasteiger partial charge is 0.345 e. The lowest BCUT2D eigenvalue weighted by Crippen LogP contribution is -2.24. The van der Waals surface area contributed by atoms with Gasteiger partial charge >= 0.3 is 0 Å². The zero-order valence-electron chi connectivity index (χ0n) is 20.9. The van der Waals surface area contributed by atoms with Crippen molar-refractivity contribution in [1.82, 2.24) is 9.97 Å². The molecule has 0 aliphatic carbocycles. The molecule has 0 saturated carbocycles. The molecule has 1 aromatic heterocycles. The van der Waals surface area contributed by atoms with Crippen LogP contribution >= 0.6 is 0 Å². The number of nitro groups is 1. The molecule has 1 heterocycles. The summed E-state index contributed by atoms with van der Waals surface area (Å²) in [4.78, 5) is 46.0. The Balaban J connectivity index is 1.40. The van der Waals surface area contributed by atoms with Gasteiger partial charge in [-0.25, -0.2) is 9.97 Å². The topological polar surface area (TPSA) is 127 Å². The molecule has 0 atom stereocenters. The molecule has 4 aromatic carbocycles. The number of benzene rings is 4. The molecule has 0 aliphatic rings. The van der Waals surface area contributed by atoms with Gasteiger partial charge in [-0.3, -0.25) is 19.7 Å². The number of anilines is 2. The first kappa shape index (κ1) is 25.2. The number of rotatable bonds is 8. The number of nitrogens with one attached hydrogen (secondary N) is 2. The number of nitrogens with zero attached hydrogens (tertiary/aromatic N) is 3. The highest BCUT2D eigenvalue weighted by molar-refractivity contribution is 6.14. The number of ketones is 1. The van der Waals surface area contributed by atoms with E-state index in [4.69, 9.17) is 0 Å². The molecule has 9 nitrogen and oxygen atoms in total. The fraction of sp³-hybridized carbons (Fsp3) is 0.0667. The quantitative estimate of drug-likeness (QED) is 0.151. The standard InChI is InChI=1S/C30H23N5O4/c1-19-12-14-25-23(16-19)28(20-8-4-2-5-9-20)34-30(33-25)31-18-27(36)32-26-15-13-22(35(38)39)17-24(26)29(37)21-10-6-3-7-11-21/h2-17H,18H2,1H3,(H,32,36)(H,31,33,34). The summed E-state index contributed by atoms with van der Waals surface area (Å²) in [7, 11) is 0. The van der Waals surface area contributed by atoms with Gasteiger partial charge in [-0.05, 0) is 25.1 Å². The maximum atomic E-state index is 13.1. The highest BCUT2D eigenvalue weighted by atomic mass is 16.6. The number of aryl methyl sites for hydroxylation is 1. The lowest BCUT2D eigenvalue weighted by atomic mass is 10.0. The molecule has 5 aromatic rings. The Bertz CT molecular complexity index is 1710. The van der Waals surface area contributed by atoms with Crippen LogP contribution in [-0.2, 0) is 4.79 Å². The molecule has 39 heavy (non-hydrogen) atoms. The molecule has 192 valence electrons. The normalized spacial score (nSPS) is 10.7. The van der Waals surface area contributed by atoms with Crippen molar-refractivity contribution in [2.24, 2.45) is 0 Å². The van der Waals surface area contributed by atoms with Gasteiger partial charge in [0.2, 0.25) is 11.9 Å². The van der Waals surface area contributed by atoms with Crippen molar-refractivity contribution in [1.29, 1.82) is 0 Å². The Kier molecular flexibility index (Phi) is 7.05. The fourth-order valence-corrected chi connectivity index (χ4v) is 4.18. The minimum Gasteiger partial charge on any atom is -0.345 e. The van der Waals surface area contributed by atoms with Crippen molar-refractivity contribution >= 4 is 39.9 Å². The van der Waals surface area contributed by atoms with Crippen LogP contribution in [0.25, 0.3) is 22.2 Å². The van der Waals surface area contributed by atoms with Crippen LogP contribution in [0.4, 0.5) is 17.3 Å². The summed E-state index contributed by atoms with van der Waals surface area (Å²) in [6, 6.07) is 27.7. The van der Waals surface area contributed by atoms with Crippen molar-refractivity contribution in [3.8, 4) is 11.3 Å². The predicted octanol–water partition coefficient (Wildman–Crippen LogP) is 5.80. The van der Waals surface area contributed by atoms with Gasteiger partial charge in [0.1, 0.15) is 0 Å². The molecule has 0 unspecified atom stereocenters. The summed E-state index contributed by atoms with van der Waals surface area (Å²) in [6.07, 6.45) is 0. The van der Waals surface area contributed by atoms with E-state index in [0.717, 1.165) is 27.7 Å². The number of non-ortho nitro benzene ring substituents is 1. The maximum absolute atomic E-state index is 13.1. The Labute approximate surface area is 223 Å². The van der Waals surface area contributed by atoms with E-state index in [1.807, 2.05) is 55.5 Å². The monoisotopic (exact) mass is 517 g/mol. The Morgan fingerprint density at radius 2 is 1.59 bits per heavy atom. The van der Waals surface area contributed by atoms with Crippen molar-refractivity contribution in [3.05, 3.63) is 124 Å². The SMILES string of the molecule is Cc1ccc2nc(NCC(=O)Nc3ccc([N+](=O)[O-])cc3C(=O)c3ccccc3)nc(-c3ccccc3)c2c1. The second-order valence-corrected chi connectivity index (χ2v) is 8.87. The van der Waals surface area contributed by atoms with E-state index in [-0.39, 0.29) is 29.4 Å². The first-order chi connectivity index (χ1) is 18.9. The molecule has 0 aliphatic heterocycles. The van der Waals surface area contributed by atoms with Crippen molar-refractivity contribution in [3.63, 3.8) is 0 Å². The van der Waals surface area contributed by atoms with Gasteiger partial charge in [-0.2, -0.15) is 0 Å². The molecular formula is C30H23N5O4. The van der Waals surface area contributed by atoms with Gasteiger partial charge in [0, 0.05) is 28.6 Å². The molecule has 0 bridgehead atoms. The lowest BCUT2D eigenvalue weighted by molar-refractivity contribution is -0.384. The summed E-state index contributed by atoms with van der Waals surface area (Å²) < 4.78 is 0. The number of carbonyl (C=O) groups is 2. The van der Waals surface area contributed by atoms with Crippen LogP contribution in [-0.4, -0.2) is 33.1 Å². The smallest absolute Gasteiger partial charge is 0.270 e. The molecule has 0 saturated heterocycles. The van der Waals surface area contributed by atoms with Crippen LogP contribution in [0.5, 0.6) is 0 Å². The van der Waals surface area contributed by atoms with Crippen LogP contribution < -0.4 is 10.6 Å². The number of hydrogen-bond acceptors (Lipinski definition) is 7. The second-order valence-electron chi connectivity index (χ2n) is 8.87. The zero-order valence-corrected chi connectivity index (χ0v) is 20.9. The van der Waals surface area contributed by atoms with Crippen molar-refractivity contribution in [2.75, 3.05) is 17.2 Å². The average Bonchev–Trinajstić information content (AvgIpc) is 2.96. The fourth-order valence-electron chi connectivity index (χ4n) is 4.18. The molecule has 0 radical (unpaired) electrons. The van der Waals surface area contributed by atoms with E-state index in [1.165, 1.54) is 18.2 Å². The van der Waals surface area contributed by atoms with Crippen LogP contribution in [0, 0.1) is 17.0 Å². The zero-order chi connectivity index (χ0) is 27.4. The predicted molar refractivity (Wildman–Crippen MR) is 150 cm³/mol. The van der Waals surface area contributed by atoms with E-state index in [1.54, 1.807) is 30.3 Å². The molecule has 5 rings (SSSR count). The highest BCUT2D eigenvalue weighted by Crippen LogP contribution is 2.28. The van der Waals surface area contributed by atoms with Gasteiger partial charge in [-0.1, -0.05) is 72.3 Å². The number of aromatic nitrogens is 2. The summed E-state index contributed by atoms with van der Waals surface area (Å²) in [5.74, 6) is -0.646. The Morgan fingerprint density at radius 1 is 0.872 bits per heavy atom. The van der Waals surface area contributed by atoms with E-state index >= 15 is 0 Å². The number of carbonyl (C=O) groups excluding carboxylic acids is 2. The second kappa shape index (κ2) is 10.9. The van der Waals surface area contributed by atoms with Gasteiger partial charge in [0.25, 0.3) is 5.69 Å². The average molecular weight is 518 g/mol. The van der Waals surface area contributed by atoms with Crippen LogP contribution in [0.2, 0.25) is 0 Å². The summed E-state index contributed by atoms with van der Waals surface area (Å²) >= 11 is 0. The Morgan fingerprint density at radius 3 is 2.31 bits per heavy atom. The van der Waals surface area contributed by atoms with Gasteiger partial charge in [0.15, 0.2) is 5.78 Å². The highest BCUT2D eigenvalue weighted by Gasteiger charge is 2.20. The third kappa shape index (κ3) is 5.62. The summed E-state index contributed by atoms with van der Waals surface area (Å²) in [5, 5.41) is 17.9. The van der Waals surface area contributed by atoms with E-state index in [2.05, 4.69) is 20.6 Å². The van der Waals surface area contributed by atoms with E-state index in [0.29, 0.717) is 5.56 Å². The number of hydrogen-bond donors (Lipinski definition) is 2. The number of fused-ring (bicyclic) bond motifs is 1. The molecular weight excluding hydrogens is 494 g/mol. The summed E-state index contributed by atoms with van der Waals surface area (Å²) in [6.45, 7) is 1.81. The van der Waals surface area contributed by atoms with Crippen molar-refractivity contribution < 1.29 is 14.5 Å². The first-order valence-corrected chi connectivity index (χ1v) is 12.1. The van der Waals surface area contributed by atoms with Gasteiger partial charge < -0.3 is 10.6 Å². The number of amides is 1. The van der Waals surface area contributed by atoms with E-state index in [9.17, 15) is 19.7 Å². The minimum absolute atomic E-state index is 0.0208.